The molecule has 2 N–H and O–H groups in total. The van der Waals surface area contributed by atoms with E-state index in [0.29, 0.717) is 23.5 Å². The Morgan fingerprint density at radius 2 is 2.11 bits per heavy atom. The lowest BCUT2D eigenvalue weighted by molar-refractivity contribution is -0.123. The van der Waals surface area contributed by atoms with E-state index in [9.17, 15) is 9.59 Å². The molecule has 0 spiro atoms. The molecule has 1 aromatic rings. The molecule has 5 heteroatoms. The fourth-order valence-corrected chi connectivity index (χ4v) is 1.81. The molecule has 0 saturated heterocycles. The van der Waals surface area contributed by atoms with Crippen LogP contribution >= 0.6 is 0 Å². The van der Waals surface area contributed by atoms with Crippen LogP contribution in [0, 0.1) is 5.41 Å². The monoisotopic (exact) mass is 248 g/mol. The number of methoxy groups -OCH3 is 1. The van der Waals surface area contributed by atoms with E-state index in [1.807, 2.05) is 13.8 Å². The van der Waals surface area contributed by atoms with Crippen molar-refractivity contribution in [1.82, 2.24) is 0 Å². The highest BCUT2D eigenvalue weighted by Gasteiger charge is 2.32. The Hall–Kier alpha value is -2.04. The molecule has 0 atom stereocenters. The lowest BCUT2D eigenvalue weighted by Gasteiger charge is -2.19. The van der Waals surface area contributed by atoms with E-state index in [-0.39, 0.29) is 5.91 Å². The second kappa shape index (κ2) is 4.33. The number of rotatable bonds is 1. The van der Waals surface area contributed by atoms with E-state index in [1.54, 1.807) is 18.2 Å². The molecule has 1 aliphatic rings. The summed E-state index contributed by atoms with van der Waals surface area (Å²) in [5.41, 5.74) is 1.11. The van der Waals surface area contributed by atoms with Crippen molar-refractivity contribution in [3.8, 4) is 0 Å². The third kappa shape index (κ3) is 2.03. The molecule has 96 valence electrons. The topological polar surface area (TPSA) is 67.4 Å². The van der Waals surface area contributed by atoms with Gasteiger partial charge < -0.3 is 15.4 Å². The normalized spacial score (nSPS) is 16.9. The minimum Gasteiger partial charge on any atom is -0.465 e. The molecular weight excluding hydrogens is 232 g/mol. The molecule has 0 fully saturated rings. The van der Waals surface area contributed by atoms with E-state index in [1.165, 1.54) is 7.11 Å². The van der Waals surface area contributed by atoms with Gasteiger partial charge in [0.15, 0.2) is 0 Å². The summed E-state index contributed by atoms with van der Waals surface area (Å²) in [7, 11) is 1.33. The number of hydrogen-bond donors (Lipinski definition) is 2. The Morgan fingerprint density at radius 1 is 1.39 bits per heavy atom. The summed E-state index contributed by atoms with van der Waals surface area (Å²) < 4.78 is 4.73. The molecule has 1 aromatic carbocycles. The van der Waals surface area contributed by atoms with Crippen molar-refractivity contribution < 1.29 is 14.3 Å². The maximum atomic E-state index is 12.0. The van der Waals surface area contributed by atoms with Gasteiger partial charge in [-0.25, -0.2) is 4.79 Å². The van der Waals surface area contributed by atoms with Crippen LogP contribution in [0.3, 0.4) is 0 Å². The van der Waals surface area contributed by atoms with Crippen molar-refractivity contribution >= 4 is 23.3 Å². The van der Waals surface area contributed by atoms with Gasteiger partial charge in [0, 0.05) is 6.54 Å². The van der Waals surface area contributed by atoms with Gasteiger partial charge in [-0.15, -0.1) is 0 Å². The number of carbonyl (C=O) groups is 2. The molecule has 0 bridgehead atoms. The minimum atomic E-state index is -0.535. The van der Waals surface area contributed by atoms with E-state index < -0.39 is 11.4 Å². The van der Waals surface area contributed by atoms with Crippen molar-refractivity contribution in [1.29, 1.82) is 0 Å². The van der Waals surface area contributed by atoms with Gasteiger partial charge in [-0.2, -0.15) is 0 Å². The van der Waals surface area contributed by atoms with Gasteiger partial charge in [0.2, 0.25) is 5.91 Å². The van der Waals surface area contributed by atoms with Crippen LogP contribution in [0.1, 0.15) is 24.2 Å². The Balaban J connectivity index is 2.47. The second-order valence-corrected chi connectivity index (χ2v) is 4.91. The summed E-state index contributed by atoms with van der Waals surface area (Å²) in [6, 6.07) is 5.14. The number of amides is 1. The van der Waals surface area contributed by atoms with Gasteiger partial charge in [-0.05, 0) is 26.0 Å². The van der Waals surface area contributed by atoms with Crippen LogP contribution in [-0.2, 0) is 9.53 Å². The van der Waals surface area contributed by atoms with Gasteiger partial charge in [-0.1, -0.05) is 6.07 Å². The number of para-hydroxylation sites is 1. The maximum Gasteiger partial charge on any atom is 0.340 e. The van der Waals surface area contributed by atoms with E-state index >= 15 is 0 Å². The van der Waals surface area contributed by atoms with Crippen LogP contribution in [0.15, 0.2) is 18.2 Å². The summed E-state index contributed by atoms with van der Waals surface area (Å²) in [6.07, 6.45) is 0. The third-order valence-electron chi connectivity index (χ3n) is 3.04. The van der Waals surface area contributed by atoms with Crippen LogP contribution in [-0.4, -0.2) is 25.5 Å². The number of benzene rings is 1. The fraction of sp³-hybridized carbons (Fsp3) is 0.385. The summed E-state index contributed by atoms with van der Waals surface area (Å²) in [4.78, 5) is 23.6. The van der Waals surface area contributed by atoms with Crippen LogP contribution in [0.25, 0.3) is 0 Å². The van der Waals surface area contributed by atoms with Gasteiger partial charge in [0.05, 0.1) is 29.5 Å². The minimum absolute atomic E-state index is 0.0734. The number of esters is 1. The summed E-state index contributed by atoms with van der Waals surface area (Å²) in [6.45, 7) is 4.15. The van der Waals surface area contributed by atoms with Crippen LogP contribution < -0.4 is 10.6 Å². The fourth-order valence-electron chi connectivity index (χ4n) is 1.81. The molecule has 0 aromatic heterocycles. The summed E-state index contributed by atoms with van der Waals surface area (Å²) >= 11 is 0. The predicted octanol–water partition coefficient (Wildman–Crippen LogP) is 1.86. The van der Waals surface area contributed by atoms with Crippen molar-refractivity contribution in [2.24, 2.45) is 5.41 Å². The number of nitrogens with one attached hydrogen (secondary N) is 2. The van der Waals surface area contributed by atoms with Crippen LogP contribution in [0.4, 0.5) is 11.4 Å². The molecular formula is C13H16N2O3. The molecule has 0 aliphatic carbocycles. The van der Waals surface area contributed by atoms with Gasteiger partial charge in [-0.3, -0.25) is 4.79 Å². The van der Waals surface area contributed by atoms with Crippen molar-refractivity contribution in [2.45, 2.75) is 13.8 Å². The third-order valence-corrected chi connectivity index (χ3v) is 3.04. The smallest absolute Gasteiger partial charge is 0.340 e. The first-order valence-corrected chi connectivity index (χ1v) is 5.72. The van der Waals surface area contributed by atoms with E-state index in [2.05, 4.69) is 10.6 Å². The Morgan fingerprint density at radius 3 is 2.78 bits per heavy atom. The molecule has 0 unspecified atom stereocenters. The lowest BCUT2D eigenvalue weighted by atomic mass is 9.93. The standard InChI is InChI=1S/C13H16N2O3/c1-13(2)7-14-10-8(11(16)18-3)5-4-6-9(10)15-12(13)17/h4-6,14H,7H2,1-3H3,(H,15,17). The van der Waals surface area contributed by atoms with Crippen LogP contribution in [0.5, 0.6) is 0 Å². The van der Waals surface area contributed by atoms with Gasteiger partial charge in [0.25, 0.3) is 0 Å². The zero-order valence-corrected chi connectivity index (χ0v) is 10.7. The Bertz CT molecular complexity index is 509. The van der Waals surface area contributed by atoms with Crippen molar-refractivity contribution in [3.05, 3.63) is 23.8 Å². The zero-order valence-electron chi connectivity index (χ0n) is 10.7. The maximum absolute atomic E-state index is 12.0. The van der Waals surface area contributed by atoms with Gasteiger partial charge >= 0.3 is 5.97 Å². The Kier molecular flexibility index (Phi) is 2.98. The predicted molar refractivity (Wildman–Crippen MR) is 68.7 cm³/mol. The Labute approximate surface area is 106 Å². The molecule has 0 radical (unpaired) electrons. The molecule has 0 saturated carbocycles. The van der Waals surface area contributed by atoms with Crippen LogP contribution in [0.2, 0.25) is 0 Å². The molecule has 5 nitrogen and oxygen atoms in total. The largest absolute Gasteiger partial charge is 0.465 e. The first-order valence-electron chi connectivity index (χ1n) is 5.72. The van der Waals surface area contributed by atoms with Gasteiger partial charge in [0.1, 0.15) is 0 Å². The summed E-state index contributed by atoms with van der Waals surface area (Å²) in [5, 5.41) is 5.97. The highest BCUT2D eigenvalue weighted by atomic mass is 16.5. The molecule has 18 heavy (non-hydrogen) atoms. The number of fused-ring (bicyclic) bond motifs is 1. The molecule has 1 amide bonds. The molecule has 1 aliphatic heterocycles. The highest BCUT2D eigenvalue weighted by Crippen LogP contribution is 2.32. The number of ether oxygens (including phenoxy) is 1. The average molecular weight is 248 g/mol. The van der Waals surface area contributed by atoms with E-state index in [0.717, 1.165) is 0 Å². The summed E-state index contributed by atoms with van der Waals surface area (Å²) in [5.74, 6) is -0.496. The van der Waals surface area contributed by atoms with E-state index in [4.69, 9.17) is 4.74 Å². The molecule has 1 heterocycles. The number of carbonyl (C=O) groups excluding carboxylic acids is 2. The SMILES string of the molecule is COC(=O)c1cccc2c1NCC(C)(C)C(=O)N2. The zero-order chi connectivity index (χ0) is 13.3. The first kappa shape index (κ1) is 12.4. The average Bonchev–Trinajstić information content (AvgIpc) is 2.46. The lowest BCUT2D eigenvalue weighted by Crippen LogP contribution is -2.34. The van der Waals surface area contributed by atoms with Crippen molar-refractivity contribution in [2.75, 3.05) is 24.3 Å². The highest BCUT2D eigenvalue weighted by molar-refractivity contribution is 6.05. The number of anilines is 2. The number of hydrogen-bond acceptors (Lipinski definition) is 4. The van der Waals surface area contributed by atoms with Crippen molar-refractivity contribution in [3.63, 3.8) is 0 Å². The first-order chi connectivity index (χ1) is 8.45. The molecule has 2 rings (SSSR count). The quantitative estimate of drug-likeness (QED) is 0.744. The second-order valence-electron chi connectivity index (χ2n) is 4.91.